The molecule has 2 fully saturated rings. The molecule has 0 aromatic carbocycles. The van der Waals surface area contributed by atoms with Gasteiger partial charge in [-0.05, 0) is 33.6 Å². The minimum Gasteiger partial charge on any atom is -0.361 e. The molecule has 1 unspecified atom stereocenters. The Morgan fingerprint density at radius 2 is 2.12 bits per heavy atom. The number of nitrogens with zero attached hydrogens (tertiary/aromatic N) is 3. The summed E-state index contributed by atoms with van der Waals surface area (Å²) < 4.78 is 5.79. The van der Waals surface area contributed by atoms with Crippen LogP contribution < -0.4 is 5.32 Å². The van der Waals surface area contributed by atoms with Crippen LogP contribution in [0.1, 0.15) is 68.9 Å². The van der Waals surface area contributed by atoms with Crippen molar-refractivity contribution in [1.82, 2.24) is 15.4 Å². The highest BCUT2D eigenvalue weighted by Gasteiger charge is 2.38. The summed E-state index contributed by atoms with van der Waals surface area (Å²) in [5.41, 5.74) is 2.20. The van der Waals surface area contributed by atoms with Crippen molar-refractivity contribution in [1.29, 1.82) is 0 Å². The summed E-state index contributed by atoms with van der Waals surface area (Å²) in [7, 11) is 0. The van der Waals surface area contributed by atoms with E-state index in [1.165, 1.54) is 43.4 Å². The highest BCUT2D eigenvalue weighted by atomic mass is 32.2. The van der Waals surface area contributed by atoms with E-state index >= 15 is 0 Å². The first kappa shape index (κ1) is 19.6. The Bertz CT molecular complexity index is 596. The Hall–Kier alpha value is -1.17. The first-order valence-electron chi connectivity index (χ1n) is 10.1. The molecule has 1 aliphatic carbocycles. The number of aliphatic imine (C=N–C) groups is 1. The van der Waals surface area contributed by atoms with Gasteiger partial charge in [-0.3, -0.25) is 4.99 Å². The summed E-state index contributed by atoms with van der Waals surface area (Å²) in [6, 6.07) is 0. The molecule has 2 aliphatic rings. The summed E-state index contributed by atoms with van der Waals surface area (Å²) in [6.45, 7) is 12.3. The fraction of sp³-hybridized carbons (Fsp3) is 0.800. The number of thioether (sulfide) groups is 1. The maximum Gasteiger partial charge on any atom is 0.194 e. The van der Waals surface area contributed by atoms with Crippen LogP contribution in [0.25, 0.3) is 0 Å². The predicted molar refractivity (Wildman–Crippen MR) is 110 cm³/mol. The van der Waals surface area contributed by atoms with Crippen molar-refractivity contribution in [3.8, 4) is 0 Å². The largest absolute Gasteiger partial charge is 0.361 e. The molecule has 1 saturated heterocycles. The number of aryl methyl sites for hydroxylation is 2. The number of hydrogen-bond acceptors (Lipinski definition) is 4. The molecular weight excluding hydrogens is 344 g/mol. The Morgan fingerprint density at radius 3 is 2.77 bits per heavy atom. The Morgan fingerprint density at radius 1 is 1.35 bits per heavy atom. The Kier molecular flexibility index (Phi) is 6.54. The second kappa shape index (κ2) is 8.68. The van der Waals surface area contributed by atoms with Gasteiger partial charge in [-0.1, -0.05) is 31.3 Å². The van der Waals surface area contributed by atoms with Crippen molar-refractivity contribution in [3.05, 3.63) is 17.0 Å². The van der Waals surface area contributed by atoms with Gasteiger partial charge in [0, 0.05) is 48.2 Å². The summed E-state index contributed by atoms with van der Waals surface area (Å²) in [6.07, 6.45) is 6.91. The van der Waals surface area contributed by atoms with Crippen molar-refractivity contribution >= 4 is 17.7 Å². The molecule has 1 N–H and O–H groups in total. The molecule has 5 nitrogen and oxygen atoms in total. The number of rotatable bonds is 4. The average molecular weight is 379 g/mol. The zero-order chi connectivity index (χ0) is 18.6. The number of aromatic nitrogens is 1. The fourth-order valence-electron chi connectivity index (χ4n) is 4.46. The third kappa shape index (κ3) is 4.38. The van der Waals surface area contributed by atoms with Crippen LogP contribution in [0.15, 0.2) is 9.52 Å². The Balaban J connectivity index is 1.70. The lowest BCUT2D eigenvalue weighted by Gasteiger charge is -2.45. The van der Waals surface area contributed by atoms with Crippen molar-refractivity contribution < 1.29 is 4.52 Å². The molecule has 6 heteroatoms. The molecule has 146 valence electrons. The molecule has 1 spiro atoms. The molecule has 1 atom stereocenters. The molecule has 1 aromatic rings. The van der Waals surface area contributed by atoms with Crippen molar-refractivity contribution in [3.63, 3.8) is 0 Å². The van der Waals surface area contributed by atoms with Gasteiger partial charge in [0.2, 0.25) is 0 Å². The molecule has 0 amide bonds. The molecule has 0 bridgehead atoms. The fourth-order valence-corrected chi connectivity index (χ4v) is 6.03. The van der Waals surface area contributed by atoms with Gasteiger partial charge < -0.3 is 14.7 Å². The van der Waals surface area contributed by atoms with Crippen LogP contribution in [0.4, 0.5) is 0 Å². The van der Waals surface area contributed by atoms with Crippen LogP contribution in [0.2, 0.25) is 0 Å². The van der Waals surface area contributed by atoms with Gasteiger partial charge in [0.15, 0.2) is 5.96 Å². The third-order valence-corrected chi connectivity index (χ3v) is 7.28. The molecule has 3 rings (SSSR count). The second-order valence-corrected chi connectivity index (χ2v) is 9.41. The zero-order valence-electron chi connectivity index (χ0n) is 16.8. The lowest BCUT2D eigenvalue weighted by atomic mass is 9.87. The first-order chi connectivity index (χ1) is 12.5. The molecule has 1 aliphatic heterocycles. The lowest BCUT2D eigenvalue weighted by molar-refractivity contribution is 0.293. The molecule has 0 radical (unpaired) electrons. The standard InChI is InChI=1S/C20H34N4OS/c1-5-21-19(22-13-15(2)18-16(3)23-25-17(18)4)24-11-12-26-20(14-24)9-7-6-8-10-20/h15H,5-14H2,1-4H3,(H,21,22). The van der Waals surface area contributed by atoms with E-state index in [2.05, 4.69) is 41.0 Å². The maximum absolute atomic E-state index is 5.33. The molecule has 1 saturated carbocycles. The highest BCUT2D eigenvalue weighted by molar-refractivity contribution is 8.00. The minimum atomic E-state index is 0.317. The quantitative estimate of drug-likeness (QED) is 0.631. The number of nitrogens with one attached hydrogen (secondary N) is 1. The van der Waals surface area contributed by atoms with Gasteiger partial charge in [0.25, 0.3) is 0 Å². The van der Waals surface area contributed by atoms with Gasteiger partial charge in [0.05, 0.1) is 5.69 Å². The monoisotopic (exact) mass is 378 g/mol. The molecular formula is C20H34N4OS. The molecule has 26 heavy (non-hydrogen) atoms. The van der Waals surface area contributed by atoms with Crippen LogP contribution >= 0.6 is 11.8 Å². The van der Waals surface area contributed by atoms with Crippen LogP contribution in [0.5, 0.6) is 0 Å². The van der Waals surface area contributed by atoms with Crippen LogP contribution in [0.3, 0.4) is 0 Å². The first-order valence-corrected chi connectivity index (χ1v) is 11.1. The summed E-state index contributed by atoms with van der Waals surface area (Å²) in [5, 5.41) is 7.63. The van der Waals surface area contributed by atoms with Crippen LogP contribution in [-0.2, 0) is 0 Å². The number of guanidine groups is 1. The van der Waals surface area contributed by atoms with Gasteiger partial charge in [-0.15, -0.1) is 0 Å². The van der Waals surface area contributed by atoms with Crippen LogP contribution in [-0.4, -0.2) is 52.7 Å². The summed E-state index contributed by atoms with van der Waals surface area (Å²) >= 11 is 2.21. The average Bonchev–Trinajstić information content (AvgIpc) is 2.97. The Labute approximate surface area is 162 Å². The van der Waals surface area contributed by atoms with E-state index in [9.17, 15) is 0 Å². The normalized spacial score (nSPS) is 21.8. The van der Waals surface area contributed by atoms with Crippen molar-refractivity contribution in [2.24, 2.45) is 4.99 Å². The van der Waals surface area contributed by atoms with E-state index < -0.39 is 0 Å². The SMILES string of the molecule is CCNC(=NCC(C)c1c(C)noc1C)N1CCSC2(CCCCC2)C1. The molecule has 1 aromatic heterocycles. The van der Waals surface area contributed by atoms with Gasteiger partial charge in [-0.2, -0.15) is 11.8 Å². The van der Waals surface area contributed by atoms with Gasteiger partial charge >= 0.3 is 0 Å². The topological polar surface area (TPSA) is 53.7 Å². The second-order valence-electron chi connectivity index (χ2n) is 7.85. The maximum atomic E-state index is 5.33. The van der Waals surface area contributed by atoms with Crippen molar-refractivity contribution in [2.45, 2.75) is 70.5 Å². The molecule has 2 heterocycles. The van der Waals surface area contributed by atoms with Gasteiger partial charge in [0.1, 0.15) is 5.76 Å². The van der Waals surface area contributed by atoms with E-state index in [1.54, 1.807) is 0 Å². The van der Waals surface area contributed by atoms with Crippen molar-refractivity contribution in [2.75, 3.05) is 31.9 Å². The minimum absolute atomic E-state index is 0.317. The smallest absolute Gasteiger partial charge is 0.194 e. The highest BCUT2D eigenvalue weighted by Crippen LogP contribution is 2.42. The third-order valence-electron chi connectivity index (χ3n) is 5.74. The lowest BCUT2D eigenvalue weighted by Crippen LogP contribution is -2.53. The predicted octanol–water partition coefficient (Wildman–Crippen LogP) is 4.11. The van der Waals surface area contributed by atoms with E-state index in [1.807, 2.05) is 13.8 Å². The zero-order valence-corrected chi connectivity index (χ0v) is 17.6. The van der Waals surface area contributed by atoms with Crippen LogP contribution in [0, 0.1) is 13.8 Å². The van der Waals surface area contributed by atoms with E-state index in [4.69, 9.17) is 9.52 Å². The summed E-state index contributed by atoms with van der Waals surface area (Å²) in [5.74, 6) is 3.53. The van der Waals surface area contributed by atoms with Gasteiger partial charge in [-0.25, -0.2) is 0 Å². The van der Waals surface area contributed by atoms with E-state index in [-0.39, 0.29) is 0 Å². The van der Waals surface area contributed by atoms with E-state index in [0.29, 0.717) is 10.7 Å². The number of hydrogen-bond donors (Lipinski definition) is 1. The summed E-state index contributed by atoms with van der Waals surface area (Å²) in [4.78, 5) is 7.51. The van der Waals surface area contributed by atoms with E-state index in [0.717, 1.165) is 43.6 Å².